The third-order valence-electron chi connectivity index (χ3n) is 12.7. The van der Waals surface area contributed by atoms with E-state index in [1.54, 1.807) is 0 Å². The molecule has 2 saturated heterocycles. The number of nitrogens with zero attached hydrogens (tertiary/aromatic N) is 3. The summed E-state index contributed by atoms with van der Waals surface area (Å²) < 4.78 is 13.2. The Hall–Kier alpha value is -5.25. The van der Waals surface area contributed by atoms with Crippen molar-refractivity contribution in [3.05, 3.63) is 82.3 Å². The van der Waals surface area contributed by atoms with Crippen LogP contribution in [0.5, 0.6) is 0 Å². The first-order valence-electron chi connectivity index (χ1n) is 21.2. The number of aromatic nitrogens is 2. The van der Waals surface area contributed by atoms with Gasteiger partial charge >= 0.3 is 12.2 Å². The van der Waals surface area contributed by atoms with E-state index in [4.69, 9.17) is 14.5 Å². The number of rotatable bonds is 11. The lowest BCUT2D eigenvalue weighted by Gasteiger charge is -2.31. The number of H-pyrrole nitrogens is 1. The second-order valence-electron chi connectivity index (χ2n) is 17.9. The number of imidazole rings is 1. The fourth-order valence-electron chi connectivity index (χ4n) is 9.03. The Labute approximate surface area is 367 Å². The molecule has 3 aliphatic heterocycles. The molecule has 3 fully saturated rings. The molecule has 1 spiro atoms. The Balaban J connectivity index is 0.930. The van der Waals surface area contributed by atoms with Crippen LogP contribution < -0.4 is 16.0 Å². The normalized spacial score (nSPS) is 21.4. The molecule has 322 valence electrons. The first-order chi connectivity index (χ1) is 29.3. The number of nitrogens with one attached hydrogen (secondary N) is 4. The van der Waals surface area contributed by atoms with Crippen LogP contribution in [0.3, 0.4) is 0 Å². The van der Waals surface area contributed by atoms with Crippen molar-refractivity contribution in [3.63, 3.8) is 0 Å². The number of aromatic amines is 1. The van der Waals surface area contributed by atoms with Crippen LogP contribution >= 0.6 is 20.7 Å². The summed E-state index contributed by atoms with van der Waals surface area (Å²) in [5, 5.41) is 11.5. The van der Waals surface area contributed by atoms with Crippen molar-refractivity contribution in [2.45, 2.75) is 84.5 Å². The van der Waals surface area contributed by atoms with Gasteiger partial charge in [0, 0.05) is 18.7 Å². The van der Waals surface area contributed by atoms with Crippen molar-refractivity contribution in [1.82, 2.24) is 35.7 Å². The highest BCUT2D eigenvalue weighted by atomic mass is 127. The molecule has 3 aromatic carbocycles. The predicted octanol–water partition coefficient (Wildman–Crippen LogP) is 7.95. The largest absolute Gasteiger partial charge is 0.453 e. The summed E-state index contributed by atoms with van der Waals surface area (Å²) in [6.45, 7) is 11.2. The van der Waals surface area contributed by atoms with Gasteiger partial charge in [-0.05, 0) is 92.5 Å². The number of likely N-dealkylation sites (tertiary alicyclic amines) is 2. The van der Waals surface area contributed by atoms with Gasteiger partial charge in [0.25, 0.3) is 0 Å². The first-order valence-corrected chi connectivity index (χ1v) is 23.6. The molecule has 13 nitrogen and oxygen atoms in total. The number of fused-ring (bicyclic) bond motifs is 1. The number of halogens is 1. The van der Waals surface area contributed by atoms with Crippen LogP contribution in [-0.2, 0) is 19.1 Å². The Morgan fingerprint density at radius 3 is 1.97 bits per heavy atom. The molecule has 1 aromatic heterocycles. The maximum atomic E-state index is 13.9. The van der Waals surface area contributed by atoms with Crippen LogP contribution in [-0.4, -0.2) is 92.8 Å². The van der Waals surface area contributed by atoms with E-state index in [-0.39, 0.29) is 41.1 Å². The van der Waals surface area contributed by atoms with E-state index in [0.29, 0.717) is 19.0 Å². The topological polar surface area (TPSA) is 158 Å². The number of carbonyl (C=O) groups is 4. The summed E-state index contributed by atoms with van der Waals surface area (Å²) in [5.41, 5.74) is 6.46. The summed E-state index contributed by atoms with van der Waals surface area (Å²) in [7, 11) is 2.62. The standard InChI is InChI=1S/C47H56IN7O6/c1-26(2)39(52-45(58)60-6)43(56)54-24-28(5)18-37(54)41-48-22-35(50-41)30-10-8-29(9-11-30)31-12-13-33-20-34(15-14-32(33)19-31)36-23-49-42(51-36)38-21-47(16-17-47)25-55(38)44(57)40(27(3)4)53-46(59)61-7/h8-15,19-20,22-23,26-28,37-40,50H,16-18,21,24-25H2,1-7H3,(H,49,51)(H,52,58)(H,53,59)/t28-,37-,38-,39-,40-/m0/s1. The summed E-state index contributed by atoms with van der Waals surface area (Å²) in [5.74, 6) is 0.784. The second kappa shape index (κ2) is 17.3. The molecule has 5 atom stereocenters. The number of methoxy groups -OCH3 is 2. The number of hydrogen-bond acceptors (Lipinski definition) is 8. The average Bonchev–Trinajstić information content (AvgIpc) is 3.73. The van der Waals surface area contributed by atoms with Gasteiger partial charge in [-0.25, -0.2) is 14.6 Å². The minimum absolute atomic E-state index is 0.0125. The zero-order valence-corrected chi connectivity index (χ0v) is 38.0. The SMILES string of the molecule is COC(=O)N[C@H](C(=O)N1C[C@@H](C)C[C@H]1C1=IC=C(c2ccc(-c3ccc4cc(-c5cnc([C@@H]6CC7(CC7)CN6C(=O)[C@@H](NC(=O)OC)C(C)C)[nH]5)ccc4c3)cc2)N1)C(C)C. The van der Waals surface area contributed by atoms with Crippen molar-refractivity contribution in [2.75, 3.05) is 27.3 Å². The molecule has 0 unspecified atom stereocenters. The minimum Gasteiger partial charge on any atom is -0.453 e. The lowest BCUT2D eigenvalue weighted by atomic mass is 9.98. The van der Waals surface area contributed by atoms with Crippen LogP contribution in [0.4, 0.5) is 9.59 Å². The Bertz CT molecular complexity index is 2400. The zero-order chi connectivity index (χ0) is 43.2. The van der Waals surface area contributed by atoms with Gasteiger partial charge in [-0.2, -0.15) is 0 Å². The van der Waals surface area contributed by atoms with Gasteiger partial charge in [0.15, 0.2) is 0 Å². The zero-order valence-electron chi connectivity index (χ0n) is 35.9. The van der Waals surface area contributed by atoms with Gasteiger partial charge in [-0.15, -0.1) is 0 Å². The minimum atomic E-state index is -0.683. The summed E-state index contributed by atoms with van der Waals surface area (Å²) in [4.78, 5) is 64.1. The van der Waals surface area contributed by atoms with E-state index in [1.165, 1.54) is 17.9 Å². The number of alkyl carbamates (subject to hydrolysis) is 2. The lowest BCUT2D eigenvalue weighted by molar-refractivity contribution is -0.136. The number of carbonyl (C=O) groups excluding carboxylic acids is 4. The highest BCUT2D eigenvalue weighted by molar-refractivity contribution is 14.2. The van der Waals surface area contributed by atoms with Gasteiger partial charge in [-0.1, -0.05) is 104 Å². The van der Waals surface area contributed by atoms with Crippen molar-refractivity contribution >= 4 is 64.8 Å². The van der Waals surface area contributed by atoms with E-state index >= 15 is 0 Å². The molecule has 8 rings (SSSR count). The van der Waals surface area contributed by atoms with E-state index in [0.717, 1.165) is 75.9 Å². The number of amides is 4. The molecule has 0 radical (unpaired) electrons. The monoisotopic (exact) mass is 941 g/mol. The van der Waals surface area contributed by atoms with E-state index < -0.39 is 45.0 Å². The molecule has 61 heavy (non-hydrogen) atoms. The van der Waals surface area contributed by atoms with Crippen LogP contribution in [0.25, 0.3) is 38.9 Å². The molecular weight excluding hydrogens is 885 g/mol. The molecular formula is C47H56IN7O6. The van der Waals surface area contributed by atoms with Gasteiger partial charge < -0.3 is 40.2 Å². The highest BCUT2D eigenvalue weighted by Crippen LogP contribution is 2.58. The molecule has 4 heterocycles. The van der Waals surface area contributed by atoms with Crippen molar-refractivity contribution in [2.24, 2.45) is 23.2 Å². The summed E-state index contributed by atoms with van der Waals surface area (Å²) >= 11 is -0.441. The summed E-state index contributed by atoms with van der Waals surface area (Å²) in [6.07, 6.45) is 4.58. The number of benzene rings is 3. The van der Waals surface area contributed by atoms with Crippen LogP contribution in [0, 0.1) is 23.2 Å². The molecule has 4 amide bonds. The predicted molar refractivity (Wildman–Crippen MR) is 245 cm³/mol. The number of hydrogen-bond donors (Lipinski definition) is 4. The van der Waals surface area contributed by atoms with Crippen molar-refractivity contribution < 1.29 is 28.7 Å². The van der Waals surface area contributed by atoms with Crippen LogP contribution in [0.1, 0.15) is 77.7 Å². The van der Waals surface area contributed by atoms with E-state index in [2.05, 4.69) is 92.6 Å². The van der Waals surface area contributed by atoms with Crippen molar-refractivity contribution in [3.8, 4) is 22.4 Å². The lowest BCUT2D eigenvalue weighted by Crippen LogP contribution is -2.54. The van der Waals surface area contributed by atoms with Gasteiger partial charge in [0.1, 0.15) is 17.9 Å². The Morgan fingerprint density at radius 1 is 0.787 bits per heavy atom. The molecule has 4 aliphatic rings. The maximum absolute atomic E-state index is 13.9. The molecule has 4 N–H and O–H groups in total. The third kappa shape index (κ3) is 8.78. The fraction of sp³-hybridized carbons (Fsp3) is 0.447. The van der Waals surface area contributed by atoms with E-state index in [9.17, 15) is 19.2 Å². The molecule has 1 aliphatic carbocycles. The summed E-state index contributed by atoms with van der Waals surface area (Å²) in [6, 6.07) is 20.0. The molecule has 4 aromatic rings. The number of ether oxygens (including phenoxy) is 2. The highest BCUT2D eigenvalue weighted by Gasteiger charge is 2.55. The van der Waals surface area contributed by atoms with Gasteiger partial charge in [0.05, 0.1) is 47.5 Å². The van der Waals surface area contributed by atoms with Gasteiger partial charge in [-0.3, -0.25) is 9.59 Å². The van der Waals surface area contributed by atoms with Crippen LogP contribution in [0.2, 0.25) is 0 Å². The molecule has 14 heteroatoms. The maximum Gasteiger partial charge on any atom is 0.407 e. The van der Waals surface area contributed by atoms with Crippen molar-refractivity contribution in [1.29, 1.82) is 0 Å². The Kier molecular flexibility index (Phi) is 12.0. The first kappa shape index (κ1) is 42.4. The smallest absolute Gasteiger partial charge is 0.407 e. The quantitative estimate of drug-likeness (QED) is 0.110. The fourth-order valence-corrected chi connectivity index (χ4v) is 11.6. The third-order valence-corrected chi connectivity index (χ3v) is 15.3. The van der Waals surface area contributed by atoms with E-state index in [1.807, 2.05) is 43.7 Å². The molecule has 0 bridgehead atoms. The average molecular weight is 942 g/mol. The van der Waals surface area contributed by atoms with Gasteiger partial charge in [0.2, 0.25) is 11.8 Å². The molecule has 1 saturated carbocycles. The Morgan fingerprint density at radius 2 is 1.36 bits per heavy atom. The second-order valence-corrected chi connectivity index (χ2v) is 20.3. The van der Waals surface area contributed by atoms with Crippen LogP contribution in [0.15, 0.2) is 70.9 Å².